The van der Waals surface area contributed by atoms with Gasteiger partial charge in [-0.05, 0) is 65.5 Å². The summed E-state index contributed by atoms with van der Waals surface area (Å²) < 4.78 is 16.6. The Morgan fingerprint density at radius 3 is 2.37 bits per heavy atom. The highest BCUT2D eigenvalue weighted by atomic mass is 16.6. The van der Waals surface area contributed by atoms with Crippen molar-refractivity contribution in [2.75, 3.05) is 38.3 Å². The number of hydrogen-bond acceptors (Lipinski definition) is 6. The first-order valence-corrected chi connectivity index (χ1v) is 12.5. The molecule has 2 fully saturated rings. The summed E-state index contributed by atoms with van der Waals surface area (Å²) in [5.41, 5.74) is 1.14. The number of rotatable bonds is 9. The molecule has 2 unspecified atom stereocenters. The van der Waals surface area contributed by atoms with E-state index in [9.17, 15) is 14.4 Å². The lowest BCUT2D eigenvalue weighted by Crippen LogP contribution is -2.52. The number of piperidine rings is 1. The van der Waals surface area contributed by atoms with Crippen LogP contribution in [0.3, 0.4) is 0 Å². The summed E-state index contributed by atoms with van der Waals surface area (Å²) in [6, 6.07) is 5.97. The van der Waals surface area contributed by atoms with Crippen molar-refractivity contribution < 1.29 is 28.6 Å². The normalized spacial score (nSPS) is 20.3. The number of nitrogens with zero attached hydrogens (tertiary/aromatic N) is 2. The second-order valence-corrected chi connectivity index (χ2v) is 10.7. The average molecular weight is 489 g/mol. The quantitative estimate of drug-likeness (QED) is 0.480. The van der Waals surface area contributed by atoms with Crippen LogP contribution in [0.15, 0.2) is 18.2 Å². The van der Waals surface area contributed by atoms with Gasteiger partial charge in [0.05, 0.1) is 12.5 Å². The predicted molar refractivity (Wildman–Crippen MR) is 134 cm³/mol. The Hall–Kier alpha value is -2.61. The zero-order valence-electron chi connectivity index (χ0n) is 22.0. The molecule has 1 aromatic carbocycles. The van der Waals surface area contributed by atoms with Crippen molar-refractivity contribution in [2.45, 2.75) is 71.9 Å². The Balaban J connectivity index is 1.81. The molecule has 2 amide bonds. The minimum absolute atomic E-state index is 0.0175. The zero-order valence-corrected chi connectivity index (χ0v) is 22.0. The van der Waals surface area contributed by atoms with Gasteiger partial charge in [-0.15, -0.1) is 0 Å². The first-order valence-electron chi connectivity index (χ1n) is 12.5. The molecule has 194 valence electrons. The molecule has 2 atom stereocenters. The number of carbonyl (C=O) groups excluding carboxylic acids is 3. The summed E-state index contributed by atoms with van der Waals surface area (Å²) in [5, 5.41) is 0. The number of aryl methyl sites for hydroxylation is 1. The van der Waals surface area contributed by atoms with Crippen LogP contribution in [0.25, 0.3) is 0 Å². The molecule has 2 aliphatic rings. The topological polar surface area (TPSA) is 85.4 Å². The number of ether oxygens (including phenoxy) is 3. The number of amides is 2. The van der Waals surface area contributed by atoms with E-state index in [0.717, 1.165) is 36.3 Å². The number of benzene rings is 1. The highest BCUT2D eigenvalue weighted by Crippen LogP contribution is 2.37. The summed E-state index contributed by atoms with van der Waals surface area (Å²) >= 11 is 0. The molecule has 1 aliphatic heterocycles. The third kappa shape index (κ3) is 7.43. The van der Waals surface area contributed by atoms with E-state index < -0.39 is 17.6 Å². The largest absolute Gasteiger partial charge is 0.493 e. The van der Waals surface area contributed by atoms with E-state index in [1.807, 2.05) is 30.0 Å². The Kier molecular flexibility index (Phi) is 8.80. The van der Waals surface area contributed by atoms with Gasteiger partial charge in [0, 0.05) is 56.9 Å². The molecule has 0 aromatic heterocycles. The zero-order chi connectivity index (χ0) is 25.8. The van der Waals surface area contributed by atoms with E-state index in [2.05, 4.69) is 0 Å². The van der Waals surface area contributed by atoms with E-state index in [-0.39, 0.29) is 36.7 Å². The van der Waals surface area contributed by atoms with Crippen LogP contribution in [-0.4, -0.2) is 67.7 Å². The third-order valence-corrected chi connectivity index (χ3v) is 6.38. The second-order valence-electron chi connectivity index (χ2n) is 10.7. The molecular weight excluding hydrogens is 448 g/mol. The smallest absolute Gasteiger partial charge is 0.410 e. The lowest BCUT2D eigenvalue weighted by atomic mass is 9.86. The van der Waals surface area contributed by atoms with Gasteiger partial charge in [0.15, 0.2) is 0 Å². The van der Waals surface area contributed by atoms with Crippen LogP contribution in [0.2, 0.25) is 0 Å². The Morgan fingerprint density at radius 1 is 1.09 bits per heavy atom. The van der Waals surface area contributed by atoms with E-state index >= 15 is 0 Å². The van der Waals surface area contributed by atoms with Crippen LogP contribution in [0.5, 0.6) is 5.75 Å². The highest BCUT2D eigenvalue weighted by Gasteiger charge is 2.42. The van der Waals surface area contributed by atoms with Gasteiger partial charge in [-0.25, -0.2) is 4.79 Å². The van der Waals surface area contributed by atoms with Crippen LogP contribution in [0.4, 0.5) is 10.5 Å². The first-order chi connectivity index (χ1) is 16.5. The molecule has 1 saturated carbocycles. The maximum absolute atomic E-state index is 13.9. The maximum Gasteiger partial charge on any atom is 0.410 e. The lowest BCUT2D eigenvalue weighted by Gasteiger charge is -2.38. The van der Waals surface area contributed by atoms with Crippen molar-refractivity contribution in [3.8, 4) is 5.75 Å². The molecule has 0 radical (unpaired) electrons. The fraction of sp³-hybridized carbons (Fsp3) is 0.667. The van der Waals surface area contributed by atoms with Crippen LogP contribution >= 0.6 is 0 Å². The average Bonchev–Trinajstić information content (AvgIpc) is 3.62. The second kappa shape index (κ2) is 11.4. The highest BCUT2D eigenvalue weighted by molar-refractivity contribution is 5.97. The van der Waals surface area contributed by atoms with Gasteiger partial charge >= 0.3 is 6.09 Å². The minimum Gasteiger partial charge on any atom is -0.493 e. The van der Waals surface area contributed by atoms with Gasteiger partial charge in [-0.3, -0.25) is 9.59 Å². The standard InChI is InChI=1S/C27H40N2O6/c1-18-8-9-23(15-24(18)34-13-7-12-33-6)29(22-10-11-22)25(31)21-14-20(19(2)30)16-28(17-21)26(32)35-27(3,4)5/h8-9,15,20-22H,7,10-14,16-17H2,1-6H3. The predicted octanol–water partition coefficient (Wildman–Crippen LogP) is 4.37. The van der Waals surface area contributed by atoms with Crippen molar-refractivity contribution in [2.24, 2.45) is 11.8 Å². The van der Waals surface area contributed by atoms with Crippen LogP contribution in [0, 0.1) is 18.8 Å². The number of methoxy groups -OCH3 is 1. The number of carbonyl (C=O) groups is 3. The Morgan fingerprint density at radius 2 is 1.77 bits per heavy atom. The molecule has 3 rings (SSSR count). The minimum atomic E-state index is -0.651. The van der Waals surface area contributed by atoms with Gasteiger partial charge in [0.25, 0.3) is 0 Å². The summed E-state index contributed by atoms with van der Waals surface area (Å²) in [7, 11) is 1.66. The fourth-order valence-electron chi connectivity index (χ4n) is 4.38. The van der Waals surface area contributed by atoms with E-state index in [1.165, 1.54) is 11.8 Å². The summed E-state index contributed by atoms with van der Waals surface area (Å²) in [4.78, 5) is 42.4. The van der Waals surface area contributed by atoms with Gasteiger partial charge in [-0.1, -0.05) is 6.07 Å². The first kappa shape index (κ1) is 27.0. The number of likely N-dealkylation sites (tertiary alicyclic amines) is 1. The summed E-state index contributed by atoms with van der Waals surface area (Å²) in [5.74, 6) is -0.183. The Bertz CT molecular complexity index is 921. The lowest BCUT2D eigenvalue weighted by molar-refractivity contribution is -0.128. The third-order valence-electron chi connectivity index (χ3n) is 6.38. The van der Waals surface area contributed by atoms with Crippen molar-refractivity contribution in [1.29, 1.82) is 0 Å². The van der Waals surface area contributed by atoms with Crippen molar-refractivity contribution in [3.63, 3.8) is 0 Å². The number of anilines is 1. The van der Waals surface area contributed by atoms with Gasteiger partial charge in [0.2, 0.25) is 5.91 Å². The van der Waals surface area contributed by atoms with Crippen LogP contribution in [-0.2, 0) is 19.1 Å². The van der Waals surface area contributed by atoms with Gasteiger partial charge < -0.3 is 24.0 Å². The van der Waals surface area contributed by atoms with Crippen LogP contribution < -0.4 is 9.64 Å². The molecule has 1 saturated heterocycles. The Labute approximate surface area is 208 Å². The molecule has 0 N–H and O–H groups in total. The number of ketones is 1. The molecule has 1 heterocycles. The fourth-order valence-corrected chi connectivity index (χ4v) is 4.38. The molecule has 35 heavy (non-hydrogen) atoms. The van der Waals surface area contributed by atoms with E-state index in [0.29, 0.717) is 19.6 Å². The molecule has 8 nitrogen and oxygen atoms in total. The van der Waals surface area contributed by atoms with Crippen molar-refractivity contribution in [1.82, 2.24) is 4.90 Å². The van der Waals surface area contributed by atoms with Crippen molar-refractivity contribution >= 4 is 23.5 Å². The summed E-state index contributed by atoms with van der Waals surface area (Å²) in [6.45, 7) is 10.6. The summed E-state index contributed by atoms with van der Waals surface area (Å²) in [6.07, 6.45) is 2.59. The molecule has 1 aromatic rings. The molecule has 8 heteroatoms. The molecule has 1 aliphatic carbocycles. The van der Waals surface area contributed by atoms with Gasteiger partial charge in [-0.2, -0.15) is 0 Å². The molecule has 0 spiro atoms. The molecular formula is C27H40N2O6. The number of Topliss-reactive ketones (excluding diaryl/α,β-unsaturated/α-hetero) is 1. The SMILES string of the molecule is COCCCOc1cc(N(C(=O)C2CC(C(C)=O)CN(C(=O)OC(C)(C)C)C2)C2CC2)ccc1C. The van der Waals surface area contributed by atoms with E-state index in [4.69, 9.17) is 14.2 Å². The van der Waals surface area contributed by atoms with E-state index in [1.54, 1.807) is 27.9 Å². The van der Waals surface area contributed by atoms with Crippen molar-refractivity contribution in [3.05, 3.63) is 23.8 Å². The van der Waals surface area contributed by atoms with Crippen LogP contribution in [0.1, 0.15) is 58.9 Å². The maximum atomic E-state index is 13.9. The number of hydrogen-bond donors (Lipinski definition) is 0. The monoisotopic (exact) mass is 488 g/mol. The molecule has 0 bridgehead atoms. The van der Waals surface area contributed by atoms with Gasteiger partial charge in [0.1, 0.15) is 17.1 Å².